The molecule has 17 heavy (non-hydrogen) atoms. The topological polar surface area (TPSA) is 44.5 Å². The van der Waals surface area contributed by atoms with Gasteiger partial charge in [-0.1, -0.05) is 19.9 Å². The van der Waals surface area contributed by atoms with E-state index >= 15 is 0 Å². The Balaban J connectivity index is 2.23. The lowest BCUT2D eigenvalue weighted by molar-refractivity contribution is 0.297. The van der Waals surface area contributed by atoms with Gasteiger partial charge >= 0.3 is 0 Å². The molecule has 2 atom stereocenters. The molecule has 0 amide bonds. The van der Waals surface area contributed by atoms with E-state index in [0.29, 0.717) is 18.4 Å². The van der Waals surface area contributed by atoms with Gasteiger partial charge in [0.2, 0.25) is 0 Å². The number of nitrogens with two attached hydrogens (primary N) is 1. The Labute approximate surface area is 103 Å². The van der Waals surface area contributed by atoms with Crippen molar-refractivity contribution in [3.63, 3.8) is 0 Å². The summed E-state index contributed by atoms with van der Waals surface area (Å²) in [6, 6.07) is 6.22. The molecule has 0 saturated heterocycles. The molecule has 0 saturated carbocycles. The van der Waals surface area contributed by atoms with Crippen molar-refractivity contribution in [2.75, 3.05) is 19.8 Å². The van der Waals surface area contributed by atoms with Crippen LogP contribution in [0, 0.1) is 5.92 Å². The number of fused-ring (bicyclic) bond motifs is 1. The largest absolute Gasteiger partial charge is 0.490 e. The quantitative estimate of drug-likeness (QED) is 0.875. The highest BCUT2D eigenvalue weighted by Gasteiger charge is 2.16. The molecule has 94 valence electrons. The van der Waals surface area contributed by atoms with E-state index in [2.05, 4.69) is 26.0 Å². The first-order valence-electron chi connectivity index (χ1n) is 6.32. The number of ether oxygens (including phenoxy) is 2. The Morgan fingerprint density at radius 1 is 1.18 bits per heavy atom. The van der Waals surface area contributed by atoms with E-state index in [9.17, 15) is 0 Å². The minimum Gasteiger partial charge on any atom is -0.490 e. The first kappa shape index (κ1) is 12.2. The summed E-state index contributed by atoms with van der Waals surface area (Å²) in [5.74, 6) is 2.65. The molecule has 0 aliphatic carbocycles. The van der Waals surface area contributed by atoms with Gasteiger partial charge in [-0.05, 0) is 36.1 Å². The molecule has 0 spiro atoms. The fourth-order valence-corrected chi connectivity index (χ4v) is 2.00. The molecule has 0 radical (unpaired) electrons. The molecule has 1 heterocycles. The minimum atomic E-state index is 0.442. The van der Waals surface area contributed by atoms with Crippen LogP contribution in [0.3, 0.4) is 0 Å². The van der Waals surface area contributed by atoms with Gasteiger partial charge in [-0.15, -0.1) is 0 Å². The van der Waals surface area contributed by atoms with Crippen LogP contribution in [0.15, 0.2) is 18.2 Å². The van der Waals surface area contributed by atoms with E-state index in [4.69, 9.17) is 15.2 Å². The van der Waals surface area contributed by atoms with Gasteiger partial charge in [0, 0.05) is 6.42 Å². The number of hydrogen-bond donors (Lipinski definition) is 1. The van der Waals surface area contributed by atoms with Crippen LogP contribution in [-0.4, -0.2) is 19.8 Å². The number of rotatable bonds is 3. The van der Waals surface area contributed by atoms with E-state index in [-0.39, 0.29) is 0 Å². The van der Waals surface area contributed by atoms with Crippen LogP contribution >= 0.6 is 0 Å². The average Bonchev–Trinajstić information content (AvgIpc) is 2.61. The van der Waals surface area contributed by atoms with Gasteiger partial charge in [0.05, 0.1) is 13.2 Å². The fourth-order valence-electron chi connectivity index (χ4n) is 2.00. The van der Waals surface area contributed by atoms with Gasteiger partial charge in [-0.3, -0.25) is 0 Å². The van der Waals surface area contributed by atoms with Crippen molar-refractivity contribution in [3.05, 3.63) is 23.8 Å². The van der Waals surface area contributed by atoms with Crippen LogP contribution in [0.25, 0.3) is 0 Å². The molecule has 3 heteroatoms. The molecule has 3 nitrogen and oxygen atoms in total. The standard InChI is InChI=1S/C14H21NO2/c1-10(9-15)11(2)12-4-5-13-14(8-12)17-7-3-6-16-13/h4-5,8,10-11H,3,6-7,9,15H2,1-2H3. The van der Waals surface area contributed by atoms with E-state index in [1.807, 2.05) is 6.07 Å². The monoisotopic (exact) mass is 235 g/mol. The summed E-state index contributed by atoms with van der Waals surface area (Å²) in [7, 11) is 0. The number of hydrogen-bond acceptors (Lipinski definition) is 3. The molecule has 2 N–H and O–H groups in total. The van der Waals surface area contributed by atoms with Crippen molar-refractivity contribution in [1.29, 1.82) is 0 Å². The highest BCUT2D eigenvalue weighted by Crippen LogP contribution is 2.34. The molecule has 1 aliphatic rings. The third-order valence-electron chi connectivity index (χ3n) is 3.52. The maximum Gasteiger partial charge on any atom is 0.161 e. The Morgan fingerprint density at radius 3 is 2.59 bits per heavy atom. The maximum absolute atomic E-state index is 5.72. The first-order chi connectivity index (χ1) is 8.22. The summed E-state index contributed by atoms with van der Waals surface area (Å²) in [4.78, 5) is 0. The summed E-state index contributed by atoms with van der Waals surface area (Å²) in [5, 5.41) is 0. The molecule has 0 fully saturated rings. The smallest absolute Gasteiger partial charge is 0.161 e. The van der Waals surface area contributed by atoms with Crippen molar-refractivity contribution < 1.29 is 9.47 Å². The normalized spacial score (nSPS) is 18.3. The first-order valence-corrected chi connectivity index (χ1v) is 6.32. The Bertz CT molecular complexity index is 378. The molecular weight excluding hydrogens is 214 g/mol. The Morgan fingerprint density at radius 2 is 1.88 bits per heavy atom. The molecule has 2 rings (SSSR count). The maximum atomic E-state index is 5.72. The SMILES string of the molecule is CC(CN)C(C)c1ccc2c(c1)OCCCO2. The molecule has 0 aromatic heterocycles. The van der Waals surface area contributed by atoms with Gasteiger partial charge in [-0.2, -0.15) is 0 Å². The predicted molar refractivity (Wildman–Crippen MR) is 68.7 cm³/mol. The summed E-state index contributed by atoms with van der Waals surface area (Å²) in [6.45, 7) is 6.55. The summed E-state index contributed by atoms with van der Waals surface area (Å²) >= 11 is 0. The van der Waals surface area contributed by atoms with Gasteiger partial charge < -0.3 is 15.2 Å². The minimum absolute atomic E-state index is 0.442. The Hall–Kier alpha value is -1.22. The average molecular weight is 235 g/mol. The third-order valence-corrected chi connectivity index (χ3v) is 3.52. The summed E-state index contributed by atoms with van der Waals surface area (Å²) < 4.78 is 11.3. The van der Waals surface area contributed by atoms with Crippen molar-refractivity contribution in [3.8, 4) is 11.5 Å². The van der Waals surface area contributed by atoms with E-state index in [0.717, 1.165) is 31.1 Å². The third kappa shape index (κ3) is 2.72. The lowest BCUT2D eigenvalue weighted by atomic mass is 9.89. The van der Waals surface area contributed by atoms with E-state index < -0.39 is 0 Å². The number of benzene rings is 1. The summed E-state index contributed by atoms with van der Waals surface area (Å²) in [6.07, 6.45) is 0.943. The molecular formula is C14H21NO2. The van der Waals surface area contributed by atoms with Crippen LogP contribution < -0.4 is 15.2 Å². The van der Waals surface area contributed by atoms with Crippen molar-refractivity contribution in [1.82, 2.24) is 0 Å². The highest BCUT2D eigenvalue weighted by molar-refractivity contribution is 5.44. The van der Waals surface area contributed by atoms with Gasteiger partial charge in [0.15, 0.2) is 11.5 Å². The second-order valence-electron chi connectivity index (χ2n) is 4.76. The van der Waals surface area contributed by atoms with E-state index in [1.54, 1.807) is 0 Å². The molecule has 1 aromatic rings. The van der Waals surface area contributed by atoms with Crippen LogP contribution in [0.4, 0.5) is 0 Å². The molecule has 2 unspecified atom stereocenters. The van der Waals surface area contributed by atoms with E-state index in [1.165, 1.54) is 5.56 Å². The lowest BCUT2D eigenvalue weighted by Gasteiger charge is -2.19. The van der Waals surface area contributed by atoms with Crippen LogP contribution in [0.2, 0.25) is 0 Å². The van der Waals surface area contributed by atoms with Crippen LogP contribution in [-0.2, 0) is 0 Å². The Kier molecular flexibility index (Phi) is 3.89. The van der Waals surface area contributed by atoms with Gasteiger partial charge in [0.25, 0.3) is 0 Å². The van der Waals surface area contributed by atoms with Crippen LogP contribution in [0.1, 0.15) is 31.7 Å². The zero-order valence-corrected chi connectivity index (χ0v) is 10.6. The van der Waals surface area contributed by atoms with Crippen molar-refractivity contribution >= 4 is 0 Å². The molecule has 0 bridgehead atoms. The van der Waals surface area contributed by atoms with Crippen molar-refractivity contribution in [2.45, 2.75) is 26.2 Å². The fraction of sp³-hybridized carbons (Fsp3) is 0.571. The van der Waals surface area contributed by atoms with Crippen molar-refractivity contribution in [2.24, 2.45) is 11.7 Å². The predicted octanol–water partition coefficient (Wildman–Crippen LogP) is 2.55. The zero-order chi connectivity index (χ0) is 12.3. The molecule has 1 aromatic carbocycles. The highest BCUT2D eigenvalue weighted by atomic mass is 16.5. The summed E-state index contributed by atoms with van der Waals surface area (Å²) in [5.41, 5.74) is 6.99. The zero-order valence-electron chi connectivity index (χ0n) is 10.6. The second-order valence-corrected chi connectivity index (χ2v) is 4.76. The molecule has 1 aliphatic heterocycles. The van der Waals surface area contributed by atoms with Gasteiger partial charge in [0.1, 0.15) is 0 Å². The lowest BCUT2D eigenvalue weighted by Crippen LogP contribution is -2.17. The van der Waals surface area contributed by atoms with Crippen LogP contribution in [0.5, 0.6) is 11.5 Å². The van der Waals surface area contributed by atoms with Gasteiger partial charge in [-0.25, -0.2) is 0 Å². The second kappa shape index (κ2) is 5.41.